The van der Waals surface area contributed by atoms with E-state index >= 15 is 0 Å². The first-order chi connectivity index (χ1) is 9.44. The summed E-state index contributed by atoms with van der Waals surface area (Å²) in [6.07, 6.45) is 1.56. The topological polar surface area (TPSA) is 78.4 Å². The largest absolute Gasteiger partial charge is 0.396 e. The van der Waals surface area contributed by atoms with E-state index in [1.807, 2.05) is 19.2 Å². The van der Waals surface area contributed by atoms with Crippen LogP contribution in [-0.2, 0) is 4.79 Å². The van der Waals surface area contributed by atoms with Gasteiger partial charge in [0.1, 0.15) is 0 Å². The molecular weight excluding hydrogens is 276 g/mol. The lowest BCUT2D eigenvalue weighted by molar-refractivity contribution is -0.120. The zero-order valence-electron chi connectivity index (χ0n) is 11.9. The Morgan fingerprint density at radius 3 is 2.70 bits per heavy atom. The number of carbonyl (C=O) groups excluding carboxylic acids is 2. The average Bonchev–Trinajstić information content (AvgIpc) is 2.94. The van der Waals surface area contributed by atoms with E-state index in [-0.39, 0.29) is 30.4 Å². The second-order valence-electron chi connectivity index (χ2n) is 5.43. The molecule has 0 atom stereocenters. The van der Waals surface area contributed by atoms with Gasteiger partial charge < -0.3 is 15.7 Å². The van der Waals surface area contributed by atoms with Crippen molar-refractivity contribution in [1.82, 2.24) is 10.6 Å². The van der Waals surface area contributed by atoms with Crippen molar-refractivity contribution >= 4 is 23.2 Å². The van der Waals surface area contributed by atoms with Crippen LogP contribution in [0.4, 0.5) is 0 Å². The Balaban J connectivity index is 2.25. The van der Waals surface area contributed by atoms with Gasteiger partial charge in [0.2, 0.25) is 5.91 Å². The Labute approximate surface area is 123 Å². The van der Waals surface area contributed by atoms with Crippen LogP contribution in [0, 0.1) is 5.41 Å². The lowest BCUT2D eigenvalue weighted by Gasteiger charge is -2.24. The van der Waals surface area contributed by atoms with E-state index < -0.39 is 0 Å². The number of thiophene rings is 1. The lowest BCUT2D eigenvalue weighted by Crippen LogP contribution is -2.40. The molecule has 1 aromatic rings. The first-order valence-electron chi connectivity index (χ1n) is 6.64. The Hall–Kier alpha value is -1.40. The number of hydrogen-bond acceptors (Lipinski definition) is 4. The minimum Gasteiger partial charge on any atom is -0.396 e. The molecule has 2 amide bonds. The molecule has 6 heteroatoms. The fraction of sp³-hybridized carbons (Fsp3) is 0.571. The van der Waals surface area contributed by atoms with E-state index in [1.165, 1.54) is 11.3 Å². The molecular formula is C14H22N2O3S. The highest BCUT2D eigenvalue weighted by molar-refractivity contribution is 7.12. The third-order valence-electron chi connectivity index (χ3n) is 2.93. The Morgan fingerprint density at radius 2 is 2.10 bits per heavy atom. The maximum atomic E-state index is 11.7. The molecule has 20 heavy (non-hydrogen) atoms. The molecule has 112 valence electrons. The van der Waals surface area contributed by atoms with Gasteiger partial charge in [-0.1, -0.05) is 19.9 Å². The fourth-order valence-corrected chi connectivity index (χ4v) is 2.34. The van der Waals surface area contributed by atoms with E-state index in [0.717, 1.165) is 12.8 Å². The van der Waals surface area contributed by atoms with E-state index in [2.05, 4.69) is 10.6 Å². The highest BCUT2D eigenvalue weighted by atomic mass is 32.1. The number of aliphatic hydroxyl groups excluding tert-OH is 1. The zero-order valence-corrected chi connectivity index (χ0v) is 12.8. The van der Waals surface area contributed by atoms with Crippen molar-refractivity contribution in [3.05, 3.63) is 22.4 Å². The van der Waals surface area contributed by atoms with Crippen molar-refractivity contribution in [2.24, 2.45) is 5.41 Å². The normalized spacial score (nSPS) is 11.2. The van der Waals surface area contributed by atoms with Crippen molar-refractivity contribution < 1.29 is 14.7 Å². The predicted octanol–water partition coefficient (Wildman–Crippen LogP) is 1.39. The summed E-state index contributed by atoms with van der Waals surface area (Å²) in [6.45, 7) is 4.74. The number of amides is 2. The van der Waals surface area contributed by atoms with Crippen LogP contribution in [0.2, 0.25) is 0 Å². The number of rotatable bonds is 8. The smallest absolute Gasteiger partial charge is 0.261 e. The lowest BCUT2D eigenvalue weighted by atomic mass is 9.88. The van der Waals surface area contributed by atoms with E-state index in [1.54, 1.807) is 12.1 Å². The summed E-state index contributed by atoms with van der Waals surface area (Å²) >= 11 is 1.34. The molecule has 0 saturated heterocycles. The highest BCUT2D eigenvalue weighted by Gasteiger charge is 2.18. The molecule has 1 heterocycles. The highest BCUT2D eigenvalue weighted by Crippen LogP contribution is 2.20. The number of hydrogen-bond donors (Lipinski definition) is 3. The van der Waals surface area contributed by atoms with Crippen molar-refractivity contribution in [2.45, 2.75) is 26.7 Å². The summed E-state index contributed by atoms with van der Waals surface area (Å²) in [5.74, 6) is -0.429. The van der Waals surface area contributed by atoms with Crippen LogP contribution in [0.15, 0.2) is 17.5 Å². The van der Waals surface area contributed by atoms with Crippen LogP contribution in [0.1, 0.15) is 36.4 Å². The molecule has 0 aliphatic carbocycles. The van der Waals surface area contributed by atoms with Gasteiger partial charge in [0.05, 0.1) is 11.4 Å². The minimum atomic E-state index is -0.227. The van der Waals surface area contributed by atoms with E-state index in [9.17, 15) is 9.59 Å². The van der Waals surface area contributed by atoms with Gasteiger partial charge in [0.15, 0.2) is 0 Å². The SMILES string of the molecule is CC(C)(CCCO)CNC(=O)CNC(=O)c1cccs1. The molecule has 0 aliphatic rings. The fourth-order valence-electron chi connectivity index (χ4n) is 1.70. The first-order valence-corrected chi connectivity index (χ1v) is 7.52. The second-order valence-corrected chi connectivity index (χ2v) is 6.38. The van der Waals surface area contributed by atoms with Crippen molar-refractivity contribution in [1.29, 1.82) is 0 Å². The van der Waals surface area contributed by atoms with Crippen LogP contribution in [0.3, 0.4) is 0 Å². The minimum absolute atomic E-state index is 0.0210. The van der Waals surface area contributed by atoms with Gasteiger partial charge in [-0.25, -0.2) is 0 Å². The third-order valence-corrected chi connectivity index (χ3v) is 3.80. The molecule has 0 saturated carbocycles. The van der Waals surface area contributed by atoms with Crippen LogP contribution < -0.4 is 10.6 Å². The average molecular weight is 298 g/mol. The van der Waals surface area contributed by atoms with Gasteiger partial charge in [0, 0.05) is 13.2 Å². The maximum Gasteiger partial charge on any atom is 0.261 e. The zero-order chi connectivity index (χ0) is 15.0. The van der Waals surface area contributed by atoms with Gasteiger partial charge in [0.25, 0.3) is 5.91 Å². The Bertz CT molecular complexity index is 430. The van der Waals surface area contributed by atoms with E-state index in [4.69, 9.17) is 5.11 Å². The summed E-state index contributed by atoms with van der Waals surface area (Å²) in [5, 5.41) is 16.0. The maximum absolute atomic E-state index is 11.7. The summed E-state index contributed by atoms with van der Waals surface area (Å²) in [6, 6.07) is 3.51. The summed E-state index contributed by atoms with van der Waals surface area (Å²) in [4.78, 5) is 23.9. The molecule has 0 unspecified atom stereocenters. The Kier molecular flexibility index (Phi) is 6.67. The third kappa shape index (κ3) is 6.16. The van der Waals surface area contributed by atoms with Crippen LogP contribution in [-0.4, -0.2) is 36.6 Å². The molecule has 1 aromatic heterocycles. The van der Waals surface area contributed by atoms with Crippen LogP contribution >= 0.6 is 11.3 Å². The van der Waals surface area contributed by atoms with Gasteiger partial charge in [-0.3, -0.25) is 9.59 Å². The van der Waals surface area contributed by atoms with Gasteiger partial charge >= 0.3 is 0 Å². The van der Waals surface area contributed by atoms with Crippen molar-refractivity contribution in [3.63, 3.8) is 0 Å². The summed E-state index contributed by atoms with van der Waals surface area (Å²) in [5.41, 5.74) is -0.0594. The number of aliphatic hydroxyl groups is 1. The van der Waals surface area contributed by atoms with E-state index in [0.29, 0.717) is 11.4 Å². The molecule has 0 bridgehead atoms. The predicted molar refractivity (Wildman–Crippen MR) is 79.8 cm³/mol. The summed E-state index contributed by atoms with van der Waals surface area (Å²) < 4.78 is 0. The van der Waals surface area contributed by atoms with Crippen molar-refractivity contribution in [2.75, 3.05) is 19.7 Å². The molecule has 3 N–H and O–H groups in total. The first kappa shape index (κ1) is 16.7. The van der Waals surface area contributed by atoms with Crippen LogP contribution in [0.25, 0.3) is 0 Å². The molecule has 0 spiro atoms. The molecule has 0 aliphatic heterocycles. The van der Waals surface area contributed by atoms with Gasteiger partial charge in [-0.05, 0) is 29.7 Å². The standard InChI is InChI=1S/C14H22N2O3S/c1-14(2,6-4-7-17)10-16-12(18)9-15-13(19)11-5-3-8-20-11/h3,5,8,17H,4,6-7,9-10H2,1-2H3,(H,15,19)(H,16,18). The van der Waals surface area contributed by atoms with Crippen LogP contribution in [0.5, 0.6) is 0 Å². The Morgan fingerprint density at radius 1 is 1.35 bits per heavy atom. The van der Waals surface area contributed by atoms with Gasteiger partial charge in [-0.2, -0.15) is 0 Å². The molecule has 0 aromatic carbocycles. The molecule has 1 rings (SSSR count). The summed E-state index contributed by atoms with van der Waals surface area (Å²) in [7, 11) is 0. The number of nitrogens with one attached hydrogen (secondary N) is 2. The molecule has 0 radical (unpaired) electrons. The second kappa shape index (κ2) is 8.01. The quantitative estimate of drug-likeness (QED) is 0.678. The van der Waals surface area contributed by atoms with Crippen molar-refractivity contribution in [3.8, 4) is 0 Å². The molecule has 0 fully saturated rings. The van der Waals surface area contributed by atoms with Gasteiger partial charge in [-0.15, -0.1) is 11.3 Å². The number of carbonyl (C=O) groups is 2. The monoisotopic (exact) mass is 298 g/mol. The molecule has 5 nitrogen and oxygen atoms in total.